The monoisotopic (exact) mass is 156 g/mol. The largest absolute Gasteiger partial charge is 1.00 e. The van der Waals surface area contributed by atoms with Crippen LogP contribution in [0.2, 0.25) is 0 Å². The van der Waals surface area contributed by atoms with Gasteiger partial charge in [-0.05, 0) is 6.42 Å². The predicted octanol–water partition coefficient (Wildman–Crippen LogP) is -2.98. The smallest absolute Gasteiger partial charge is 0.854 e. The summed E-state index contributed by atoms with van der Waals surface area (Å²) in [6, 6.07) is 0. The summed E-state index contributed by atoms with van der Waals surface area (Å²) >= 11 is 0. The molecule has 0 amide bonds. The predicted molar refractivity (Wildman–Crippen MR) is 30.5 cm³/mol. The Morgan fingerprint density at radius 3 is 2.44 bits per heavy atom. The van der Waals surface area contributed by atoms with Crippen molar-refractivity contribution < 1.29 is 61.2 Å². The van der Waals surface area contributed by atoms with Gasteiger partial charge in [0.05, 0.1) is 0 Å². The fraction of sp³-hybridized carbons (Fsp3) is 1.00. The molecule has 0 aliphatic carbocycles. The third-order valence-corrected chi connectivity index (χ3v) is 1.10. The maximum Gasteiger partial charge on any atom is 1.00 e. The van der Waals surface area contributed by atoms with Gasteiger partial charge >= 0.3 is 51.4 Å². The summed E-state index contributed by atoms with van der Waals surface area (Å²) in [4.78, 5) is 0. The van der Waals surface area contributed by atoms with E-state index in [4.69, 9.17) is 4.74 Å². The molecule has 3 heteroatoms. The van der Waals surface area contributed by atoms with Gasteiger partial charge in [0, 0.05) is 13.7 Å². The zero-order valence-electron chi connectivity index (χ0n) is 6.52. The topological polar surface area (TPSA) is 32.3 Å². The van der Waals surface area contributed by atoms with E-state index in [9.17, 15) is 5.11 Å². The quantitative estimate of drug-likeness (QED) is 0.407. The molecule has 0 rings (SSSR count). The number of hydrogen-bond donors (Lipinski definition) is 0. The third kappa shape index (κ3) is 9.56. The third-order valence-electron chi connectivity index (χ3n) is 1.10. The molecular formula is C6H13KO2. The molecule has 0 aliphatic rings. The summed E-state index contributed by atoms with van der Waals surface area (Å²) in [6.07, 6.45) is 0.889. The van der Waals surface area contributed by atoms with Gasteiger partial charge in [0.25, 0.3) is 0 Å². The molecule has 0 saturated heterocycles. The van der Waals surface area contributed by atoms with E-state index < -0.39 is 0 Å². The zero-order chi connectivity index (χ0) is 6.41. The Bertz CT molecular complexity index is 50.3. The first-order valence-electron chi connectivity index (χ1n) is 2.88. The van der Waals surface area contributed by atoms with Crippen molar-refractivity contribution in [1.82, 2.24) is 0 Å². The average molecular weight is 156 g/mol. The van der Waals surface area contributed by atoms with Crippen LogP contribution in [0.25, 0.3) is 0 Å². The Morgan fingerprint density at radius 1 is 1.56 bits per heavy atom. The van der Waals surface area contributed by atoms with E-state index in [1.54, 1.807) is 7.11 Å². The molecule has 1 atom stereocenters. The van der Waals surface area contributed by atoms with E-state index in [1.807, 2.05) is 6.92 Å². The van der Waals surface area contributed by atoms with Gasteiger partial charge in [-0.2, -0.15) is 0 Å². The van der Waals surface area contributed by atoms with E-state index in [0.29, 0.717) is 6.61 Å². The van der Waals surface area contributed by atoms with Crippen LogP contribution in [0.4, 0.5) is 0 Å². The number of rotatable bonds is 4. The molecule has 0 aromatic rings. The molecule has 0 aromatic heterocycles. The first kappa shape index (κ1) is 13.2. The summed E-state index contributed by atoms with van der Waals surface area (Å²) in [5, 5.41) is 10.1. The van der Waals surface area contributed by atoms with Gasteiger partial charge in [0.2, 0.25) is 0 Å². The van der Waals surface area contributed by atoms with Crippen molar-refractivity contribution in [3.63, 3.8) is 0 Å². The van der Waals surface area contributed by atoms with Crippen LogP contribution in [0.3, 0.4) is 0 Å². The summed E-state index contributed by atoms with van der Waals surface area (Å²) in [7, 11) is 1.65. The molecule has 0 saturated carbocycles. The first-order valence-corrected chi connectivity index (χ1v) is 2.88. The maximum atomic E-state index is 10.1. The Balaban J connectivity index is 0. The molecule has 0 aliphatic heterocycles. The molecular weight excluding hydrogens is 143 g/mol. The van der Waals surface area contributed by atoms with E-state index >= 15 is 0 Å². The van der Waals surface area contributed by atoms with Gasteiger partial charge in [0.1, 0.15) is 0 Å². The first-order chi connectivity index (χ1) is 3.81. The normalized spacial score (nSPS) is 12.3. The average Bonchev–Trinajstić information content (AvgIpc) is 1.83. The van der Waals surface area contributed by atoms with Crippen LogP contribution in [0.1, 0.15) is 13.3 Å². The molecule has 0 spiro atoms. The second-order valence-corrected chi connectivity index (χ2v) is 2.05. The van der Waals surface area contributed by atoms with Crippen molar-refractivity contribution in [3.8, 4) is 0 Å². The van der Waals surface area contributed by atoms with E-state index in [2.05, 4.69) is 0 Å². The van der Waals surface area contributed by atoms with Crippen LogP contribution in [-0.2, 0) is 4.74 Å². The van der Waals surface area contributed by atoms with Crippen LogP contribution in [-0.4, -0.2) is 20.3 Å². The van der Waals surface area contributed by atoms with Crippen LogP contribution in [0.5, 0.6) is 0 Å². The van der Waals surface area contributed by atoms with Crippen LogP contribution in [0.15, 0.2) is 0 Å². The Kier molecular flexibility index (Phi) is 14.0. The van der Waals surface area contributed by atoms with E-state index in [1.165, 1.54) is 0 Å². The summed E-state index contributed by atoms with van der Waals surface area (Å²) in [6.45, 7) is 2.67. The van der Waals surface area contributed by atoms with Crippen LogP contribution in [0, 0.1) is 5.92 Å². The number of methoxy groups -OCH3 is 1. The van der Waals surface area contributed by atoms with Gasteiger partial charge in [-0.1, -0.05) is 12.8 Å². The Hall–Kier alpha value is 1.56. The summed E-state index contributed by atoms with van der Waals surface area (Å²) in [5.41, 5.74) is 0. The van der Waals surface area contributed by atoms with Crippen LogP contribution < -0.4 is 56.5 Å². The molecule has 0 radical (unpaired) electrons. The summed E-state index contributed by atoms with van der Waals surface area (Å²) in [5.74, 6) is 0.273. The van der Waals surface area contributed by atoms with E-state index in [0.717, 1.165) is 6.42 Å². The molecule has 0 N–H and O–H groups in total. The number of hydrogen-bond acceptors (Lipinski definition) is 2. The summed E-state index contributed by atoms with van der Waals surface area (Å²) < 4.78 is 4.78. The van der Waals surface area contributed by atoms with Gasteiger partial charge in [-0.3, -0.25) is 0 Å². The van der Waals surface area contributed by atoms with Crippen molar-refractivity contribution in [2.75, 3.05) is 20.3 Å². The SMILES string of the molecule is COCCC(C)C[O-].[K+]. The van der Waals surface area contributed by atoms with Crippen molar-refractivity contribution in [2.45, 2.75) is 13.3 Å². The minimum atomic E-state index is 0. The van der Waals surface area contributed by atoms with Gasteiger partial charge < -0.3 is 9.84 Å². The van der Waals surface area contributed by atoms with Gasteiger partial charge in [-0.25, -0.2) is 0 Å². The van der Waals surface area contributed by atoms with Crippen molar-refractivity contribution >= 4 is 0 Å². The zero-order valence-corrected chi connectivity index (χ0v) is 9.64. The maximum absolute atomic E-state index is 10.1. The number of ether oxygens (including phenoxy) is 1. The van der Waals surface area contributed by atoms with Crippen molar-refractivity contribution in [3.05, 3.63) is 0 Å². The second kappa shape index (κ2) is 9.56. The Morgan fingerprint density at radius 2 is 2.11 bits per heavy atom. The van der Waals surface area contributed by atoms with Crippen molar-refractivity contribution in [2.24, 2.45) is 5.92 Å². The van der Waals surface area contributed by atoms with Crippen LogP contribution >= 0.6 is 0 Å². The van der Waals surface area contributed by atoms with Gasteiger partial charge in [-0.15, -0.1) is 6.61 Å². The van der Waals surface area contributed by atoms with Gasteiger partial charge in [0.15, 0.2) is 0 Å². The molecule has 0 fully saturated rings. The molecule has 0 heterocycles. The minimum Gasteiger partial charge on any atom is -0.854 e. The Labute approximate surface area is 99.4 Å². The second-order valence-electron chi connectivity index (χ2n) is 2.05. The molecule has 0 bridgehead atoms. The standard InChI is InChI=1S/C6H13O2.K/c1-6(5-7)3-4-8-2;/h6H,3-5H2,1-2H3;/q-1;+1. The molecule has 50 valence electrons. The molecule has 0 aromatic carbocycles. The molecule has 2 nitrogen and oxygen atoms in total. The van der Waals surface area contributed by atoms with E-state index in [-0.39, 0.29) is 63.9 Å². The molecule has 1 unspecified atom stereocenters. The fourth-order valence-electron chi connectivity index (χ4n) is 0.402. The fourth-order valence-corrected chi connectivity index (χ4v) is 0.402. The molecule has 9 heavy (non-hydrogen) atoms. The van der Waals surface area contributed by atoms with Crippen molar-refractivity contribution in [1.29, 1.82) is 0 Å². The minimum absolute atomic E-state index is 0.